The van der Waals surface area contributed by atoms with Gasteiger partial charge in [-0.3, -0.25) is 0 Å². The van der Waals surface area contributed by atoms with Crippen molar-refractivity contribution in [1.29, 1.82) is 0 Å². The molecule has 0 heterocycles. The van der Waals surface area contributed by atoms with E-state index in [2.05, 4.69) is 5.32 Å². The van der Waals surface area contributed by atoms with Crippen molar-refractivity contribution >= 4 is 15.8 Å². The van der Waals surface area contributed by atoms with E-state index in [0.29, 0.717) is 6.54 Å². The van der Waals surface area contributed by atoms with Crippen molar-refractivity contribution in [3.05, 3.63) is 11.6 Å². The van der Waals surface area contributed by atoms with E-state index < -0.39 is 20.6 Å². The molecule has 0 saturated heterocycles. The van der Waals surface area contributed by atoms with Crippen LogP contribution in [0.5, 0.6) is 0 Å². The van der Waals surface area contributed by atoms with Gasteiger partial charge in [0.1, 0.15) is 0 Å². The van der Waals surface area contributed by atoms with E-state index in [9.17, 15) is 13.2 Å². The second-order valence-electron chi connectivity index (χ2n) is 4.36. The molecule has 0 unspecified atom stereocenters. The van der Waals surface area contributed by atoms with Crippen LogP contribution in [0.2, 0.25) is 0 Å². The molecule has 0 amide bonds. The van der Waals surface area contributed by atoms with Gasteiger partial charge in [0.05, 0.1) is 4.75 Å². The predicted molar refractivity (Wildman–Crippen MR) is 63.2 cm³/mol. The molecular weight excluding hydrogens is 230 g/mol. The number of sulfone groups is 1. The Balaban J connectivity index is 4.21. The first-order valence-electron chi connectivity index (χ1n) is 4.88. The Hall–Kier alpha value is -0.880. The van der Waals surface area contributed by atoms with Gasteiger partial charge in [-0.05, 0) is 20.8 Å². The van der Waals surface area contributed by atoms with E-state index in [1.54, 1.807) is 13.8 Å². The Kier molecular flexibility index (Phi) is 5.15. The summed E-state index contributed by atoms with van der Waals surface area (Å²) in [5, 5.41) is 11.5. The number of carboxylic acid groups (broad SMARTS) is 1. The van der Waals surface area contributed by atoms with E-state index >= 15 is 0 Å². The first-order valence-corrected chi connectivity index (χ1v) is 6.77. The molecule has 2 N–H and O–H groups in total. The van der Waals surface area contributed by atoms with Crippen molar-refractivity contribution in [2.45, 2.75) is 25.5 Å². The van der Waals surface area contributed by atoms with Crippen LogP contribution in [0, 0.1) is 0 Å². The normalized spacial score (nSPS) is 13.9. The molecule has 0 saturated carbocycles. The third-order valence-corrected chi connectivity index (χ3v) is 4.60. The van der Waals surface area contributed by atoms with Gasteiger partial charge in [0.25, 0.3) is 0 Å². The van der Waals surface area contributed by atoms with Crippen molar-refractivity contribution in [2.75, 3.05) is 19.3 Å². The molecule has 0 aliphatic rings. The molecule has 6 heteroatoms. The van der Waals surface area contributed by atoms with Crippen LogP contribution in [0.25, 0.3) is 0 Å². The molecule has 0 radical (unpaired) electrons. The molecule has 94 valence electrons. The standard InChI is InChI=1S/C10H19NO4S/c1-8(9(12)13)5-6-11-7-10(2,3)16(4,14)15/h5,11H,6-7H2,1-4H3,(H,12,13). The second kappa shape index (κ2) is 5.45. The lowest BCUT2D eigenvalue weighted by atomic mass is 10.2. The summed E-state index contributed by atoms with van der Waals surface area (Å²) in [6.07, 6.45) is 2.70. The molecule has 16 heavy (non-hydrogen) atoms. The number of carbonyl (C=O) groups is 1. The molecular formula is C10H19NO4S. The zero-order valence-corrected chi connectivity index (χ0v) is 10.9. The first kappa shape index (κ1) is 15.1. The van der Waals surface area contributed by atoms with Gasteiger partial charge < -0.3 is 10.4 Å². The Morgan fingerprint density at radius 3 is 2.31 bits per heavy atom. The van der Waals surface area contributed by atoms with Crippen molar-refractivity contribution in [2.24, 2.45) is 0 Å². The number of nitrogens with one attached hydrogen (secondary N) is 1. The van der Waals surface area contributed by atoms with E-state index in [-0.39, 0.29) is 12.1 Å². The maximum atomic E-state index is 11.3. The minimum atomic E-state index is -3.12. The fourth-order valence-corrected chi connectivity index (χ4v) is 1.18. The molecule has 0 aromatic heterocycles. The number of rotatable bonds is 6. The number of hydrogen-bond acceptors (Lipinski definition) is 4. The molecule has 0 aliphatic heterocycles. The number of aliphatic carboxylic acids is 1. The van der Waals surface area contributed by atoms with Gasteiger partial charge in [0.15, 0.2) is 9.84 Å². The smallest absolute Gasteiger partial charge is 0.330 e. The van der Waals surface area contributed by atoms with Crippen LogP contribution in [-0.2, 0) is 14.6 Å². The average molecular weight is 249 g/mol. The minimum Gasteiger partial charge on any atom is -0.478 e. The third kappa shape index (κ3) is 4.76. The van der Waals surface area contributed by atoms with Gasteiger partial charge in [0, 0.05) is 24.9 Å². The average Bonchev–Trinajstić information content (AvgIpc) is 2.09. The summed E-state index contributed by atoms with van der Waals surface area (Å²) in [5.41, 5.74) is 0.240. The van der Waals surface area contributed by atoms with E-state index in [1.807, 2.05) is 0 Å². The lowest BCUT2D eigenvalue weighted by molar-refractivity contribution is -0.132. The summed E-state index contributed by atoms with van der Waals surface area (Å²) in [6.45, 7) is 5.38. The first-order chi connectivity index (χ1) is 7.08. The van der Waals surface area contributed by atoms with Crippen LogP contribution >= 0.6 is 0 Å². The Morgan fingerprint density at radius 1 is 1.44 bits per heavy atom. The van der Waals surface area contributed by atoms with Gasteiger partial charge in [-0.2, -0.15) is 0 Å². The summed E-state index contributed by atoms with van der Waals surface area (Å²) >= 11 is 0. The Labute approximate surface area is 96.5 Å². The number of hydrogen-bond donors (Lipinski definition) is 2. The fourth-order valence-electron chi connectivity index (χ4n) is 0.817. The van der Waals surface area contributed by atoms with Gasteiger partial charge in [0.2, 0.25) is 0 Å². The Morgan fingerprint density at radius 2 is 1.94 bits per heavy atom. The van der Waals surface area contributed by atoms with Crippen molar-refractivity contribution in [3.8, 4) is 0 Å². The highest BCUT2D eigenvalue weighted by atomic mass is 32.2. The zero-order chi connectivity index (χ0) is 13.0. The SMILES string of the molecule is CC(=CCNCC(C)(C)S(C)(=O)=O)C(=O)O. The molecule has 0 bridgehead atoms. The van der Waals surface area contributed by atoms with Crippen LogP contribution in [0.1, 0.15) is 20.8 Å². The molecule has 5 nitrogen and oxygen atoms in total. The van der Waals surface area contributed by atoms with Crippen molar-refractivity contribution in [1.82, 2.24) is 5.32 Å². The minimum absolute atomic E-state index is 0.240. The van der Waals surface area contributed by atoms with E-state index in [0.717, 1.165) is 0 Å². The van der Waals surface area contributed by atoms with Crippen LogP contribution in [0.3, 0.4) is 0 Å². The van der Waals surface area contributed by atoms with Gasteiger partial charge in [-0.15, -0.1) is 0 Å². The lowest BCUT2D eigenvalue weighted by Crippen LogP contribution is -2.41. The van der Waals surface area contributed by atoms with Gasteiger partial charge in [-0.1, -0.05) is 6.08 Å². The highest BCUT2D eigenvalue weighted by Crippen LogP contribution is 2.13. The lowest BCUT2D eigenvalue weighted by Gasteiger charge is -2.22. The van der Waals surface area contributed by atoms with Crippen LogP contribution in [-0.4, -0.2) is 43.6 Å². The molecule has 0 rings (SSSR count). The van der Waals surface area contributed by atoms with E-state index in [4.69, 9.17) is 5.11 Å². The molecule has 0 spiro atoms. The predicted octanol–water partition coefficient (Wildman–Crippen LogP) is 0.430. The van der Waals surface area contributed by atoms with E-state index in [1.165, 1.54) is 19.3 Å². The molecule has 0 fully saturated rings. The number of carboxylic acids is 1. The van der Waals surface area contributed by atoms with Gasteiger partial charge >= 0.3 is 5.97 Å². The van der Waals surface area contributed by atoms with Crippen molar-refractivity contribution in [3.63, 3.8) is 0 Å². The fraction of sp³-hybridized carbons (Fsp3) is 0.700. The quantitative estimate of drug-likeness (QED) is 0.527. The summed E-state index contributed by atoms with van der Waals surface area (Å²) in [6, 6.07) is 0. The zero-order valence-electron chi connectivity index (χ0n) is 10.1. The highest BCUT2D eigenvalue weighted by Gasteiger charge is 2.29. The topological polar surface area (TPSA) is 83.5 Å². The summed E-state index contributed by atoms with van der Waals surface area (Å²) in [5.74, 6) is -0.968. The Bertz CT molecular complexity index is 382. The summed E-state index contributed by atoms with van der Waals surface area (Å²) in [7, 11) is -3.12. The third-order valence-electron chi connectivity index (χ3n) is 2.44. The molecule has 0 aromatic carbocycles. The van der Waals surface area contributed by atoms with Crippen LogP contribution in [0.4, 0.5) is 0 Å². The van der Waals surface area contributed by atoms with Crippen LogP contribution in [0.15, 0.2) is 11.6 Å². The molecule has 0 aliphatic carbocycles. The largest absolute Gasteiger partial charge is 0.478 e. The maximum Gasteiger partial charge on any atom is 0.330 e. The molecule has 0 atom stereocenters. The summed E-state index contributed by atoms with van der Waals surface area (Å²) < 4.78 is 21.8. The summed E-state index contributed by atoms with van der Waals surface area (Å²) in [4.78, 5) is 10.5. The monoisotopic (exact) mass is 249 g/mol. The molecule has 0 aromatic rings. The maximum absolute atomic E-state index is 11.3. The van der Waals surface area contributed by atoms with Crippen molar-refractivity contribution < 1.29 is 18.3 Å². The van der Waals surface area contributed by atoms with Gasteiger partial charge in [-0.25, -0.2) is 13.2 Å². The second-order valence-corrected chi connectivity index (χ2v) is 7.00. The highest BCUT2D eigenvalue weighted by molar-refractivity contribution is 7.92. The van der Waals surface area contributed by atoms with Crippen LogP contribution < -0.4 is 5.32 Å².